The minimum absolute atomic E-state index is 0.220. The molecule has 0 heterocycles. The SMILES string of the molecule is C[C@H](C(=O)NCc1ccc(Cl)cc1)N(c1ccc(F)cc1)S(C)(=O)=O. The molecule has 0 saturated carbocycles. The van der Waals surface area contributed by atoms with Gasteiger partial charge in [-0.2, -0.15) is 0 Å². The summed E-state index contributed by atoms with van der Waals surface area (Å²) in [6.07, 6.45) is 0.999. The molecule has 0 unspecified atom stereocenters. The van der Waals surface area contributed by atoms with Crippen LogP contribution >= 0.6 is 11.6 Å². The number of nitrogens with one attached hydrogen (secondary N) is 1. The normalized spacial score (nSPS) is 12.5. The van der Waals surface area contributed by atoms with Gasteiger partial charge in [-0.25, -0.2) is 12.8 Å². The standard InChI is InChI=1S/C17H18ClFN2O3S/c1-12(17(22)20-11-13-3-5-14(18)6-4-13)21(25(2,23)24)16-9-7-15(19)8-10-16/h3-10,12H,11H2,1-2H3,(H,20,22)/t12-/m1/s1. The highest BCUT2D eigenvalue weighted by molar-refractivity contribution is 7.92. The van der Waals surface area contributed by atoms with Gasteiger partial charge in [0.15, 0.2) is 0 Å². The summed E-state index contributed by atoms with van der Waals surface area (Å²) in [5.74, 6) is -0.957. The molecule has 5 nitrogen and oxygen atoms in total. The van der Waals surface area contributed by atoms with Gasteiger partial charge in [-0.05, 0) is 48.9 Å². The molecule has 0 aromatic heterocycles. The molecule has 8 heteroatoms. The Kier molecular flexibility index (Phi) is 6.02. The number of benzene rings is 2. The number of hydrogen-bond donors (Lipinski definition) is 1. The highest BCUT2D eigenvalue weighted by Crippen LogP contribution is 2.21. The third kappa shape index (κ3) is 5.17. The Morgan fingerprint density at radius 1 is 1.16 bits per heavy atom. The van der Waals surface area contributed by atoms with Crippen LogP contribution in [0.1, 0.15) is 12.5 Å². The molecule has 0 aliphatic heterocycles. The van der Waals surface area contributed by atoms with Crippen LogP contribution in [-0.2, 0) is 21.4 Å². The van der Waals surface area contributed by atoms with Crippen LogP contribution in [0.2, 0.25) is 5.02 Å². The first kappa shape index (κ1) is 19.2. The Labute approximate surface area is 151 Å². The predicted octanol–water partition coefficient (Wildman–Crippen LogP) is 2.95. The molecule has 0 bridgehead atoms. The zero-order valence-electron chi connectivity index (χ0n) is 13.7. The van der Waals surface area contributed by atoms with Crippen LogP contribution in [-0.4, -0.2) is 26.6 Å². The second-order valence-electron chi connectivity index (χ2n) is 5.56. The van der Waals surface area contributed by atoms with Crippen molar-refractivity contribution in [3.8, 4) is 0 Å². The lowest BCUT2D eigenvalue weighted by Crippen LogP contribution is -2.47. The van der Waals surface area contributed by atoms with E-state index in [-0.39, 0.29) is 12.2 Å². The van der Waals surface area contributed by atoms with E-state index in [4.69, 9.17) is 11.6 Å². The van der Waals surface area contributed by atoms with Crippen molar-refractivity contribution in [2.24, 2.45) is 0 Å². The van der Waals surface area contributed by atoms with Gasteiger partial charge in [0, 0.05) is 11.6 Å². The first-order valence-corrected chi connectivity index (χ1v) is 9.68. The molecule has 0 radical (unpaired) electrons. The summed E-state index contributed by atoms with van der Waals surface area (Å²) in [6, 6.07) is 10.9. The third-order valence-corrected chi connectivity index (χ3v) is 5.04. The van der Waals surface area contributed by atoms with E-state index >= 15 is 0 Å². The van der Waals surface area contributed by atoms with Crippen LogP contribution in [0.5, 0.6) is 0 Å². The first-order chi connectivity index (χ1) is 11.7. The van der Waals surface area contributed by atoms with Gasteiger partial charge in [0.2, 0.25) is 15.9 Å². The topological polar surface area (TPSA) is 66.5 Å². The molecule has 1 atom stereocenters. The van der Waals surface area contributed by atoms with E-state index in [1.165, 1.54) is 19.1 Å². The Morgan fingerprint density at radius 3 is 2.24 bits per heavy atom. The lowest BCUT2D eigenvalue weighted by molar-refractivity contribution is -0.122. The Hall–Kier alpha value is -2.12. The highest BCUT2D eigenvalue weighted by atomic mass is 35.5. The number of halogens is 2. The molecule has 134 valence electrons. The number of anilines is 1. The zero-order chi connectivity index (χ0) is 18.6. The maximum atomic E-state index is 13.1. The largest absolute Gasteiger partial charge is 0.350 e. The van der Waals surface area contributed by atoms with E-state index in [2.05, 4.69) is 5.32 Å². The minimum Gasteiger partial charge on any atom is -0.350 e. The quantitative estimate of drug-likeness (QED) is 0.832. The number of hydrogen-bond acceptors (Lipinski definition) is 3. The van der Waals surface area contributed by atoms with E-state index < -0.39 is 27.8 Å². The average Bonchev–Trinajstić information content (AvgIpc) is 2.54. The monoisotopic (exact) mass is 384 g/mol. The molecule has 0 saturated heterocycles. The molecule has 1 amide bonds. The van der Waals surface area contributed by atoms with Crippen LogP contribution in [0.25, 0.3) is 0 Å². The summed E-state index contributed by atoms with van der Waals surface area (Å²) in [4.78, 5) is 12.4. The lowest BCUT2D eigenvalue weighted by Gasteiger charge is -2.28. The van der Waals surface area contributed by atoms with Crippen LogP contribution in [0.3, 0.4) is 0 Å². The van der Waals surface area contributed by atoms with Gasteiger partial charge >= 0.3 is 0 Å². The van der Waals surface area contributed by atoms with Gasteiger partial charge in [-0.15, -0.1) is 0 Å². The molecule has 25 heavy (non-hydrogen) atoms. The second-order valence-corrected chi connectivity index (χ2v) is 7.85. The fraction of sp³-hybridized carbons (Fsp3) is 0.235. The number of carbonyl (C=O) groups excluding carboxylic acids is 1. The smallest absolute Gasteiger partial charge is 0.243 e. The van der Waals surface area contributed by atoms with Crippen molar-refractivity contribution >= 4 is 33.2 Å². The van der Waals surface area contributed by atoms with Crippen molar-refractivity contribution in [1.82, 2.24) is 5.32 Å². The Balaban J connectivity index is 2.15. The molecule has 0 aliphatic rings. The lowest BCUT2D eigenvalue weighted by atomic mass is 10.2. The second kappa shape index (κ2) is 7.84. The van der Waals surface area contributed by atoms with Gasteiger partial charge in [0.1, 0.15) is 11.9 Å². The van der Waals surface area contributed by atoms with Crippen molar-refractivity contribution in [3.63, 3.8) is 0 Å². The summed E-state index contributed by atoms with van der Waals surface area (Å²) in [6.45, 7) is 1.71. The molecule has 0 aliphatic carbocycles. The van der Waals surface area contributed by atoms with Crippen molar-refractivity contribution in [3.05, 3.63) is 64.9 Å². The van der Waals surface area contributed by atoms with Crippen molar-refractivity contribution in [2.45, 2.75) is 19.5 Å². The maximum absolute atomic E-state index is 13.1. The van der Waals surface area contributed by atoms with E-state index in [1.54, 1.807) is 24.3 Å². The average molecular weight is 385 g/mol. The first-order valence-electron chi connectivity index (χ1n) is 7.45. The highest BCUT2D eigenvalue weighted by Gasteiger charge is 2.28. The number of carbonyl (C=O) groups is 1. The molecule has 0 spiro atoms. The van der Waals surface area contributed by atoms with Crippen molar-refractivity contribution in [2.75, 3.05) is 10.6 Å². The maximum Gasteiger partial charge on any atom is 0.243 e. The third-order valence-electron chi connectivity index (χ3n) is 3.55. The summed E-state index contributed by atoms with van der Waals surface area (Å²) >= 11 is 5.81. The fourth-order valence-electron chi connectivity index (χ4n) is 2.34. The van der Waals surface area contributed by atoms with E-state index in [9.17, 15) is 17.6 Å². The number of sulfonamides is 1. The summed E-state index contributed by atoms with van der Waals surface area (Å²) < 4.78 is 38.3. The van der Waals surface area contributed by atoms with Gasteiger partial charge in [0.25, 0.3) is 0 Å². The molecule has 2 aromatic carbocycles. The molecule has 2 rings (SSSR count). The van der Waals surface area contributed by atoms with Crippen LogP contribution in [0.15, 0.2) is 48.5 Å². The van der Waals surface area contributed by atoms with Gasteiger partial charge in [-0.3, -0.25) is 9.10 Å². The van der Waals surface area contributed by atoms with Crippen molar-refractivity contribution in [1.29, 1.82) is 0 Å². The van der Waals surface area contributed by atoms with Gasteiger partial charge < -0.3 is 5.32 Å². The van der Waals surface area contributed by atoms with Crippen LogP contribution < -0.4 is 9.62 Å². The number of nitrogens with zero attached hydrogens (tertiary/aromatic N) is 1. The fourth-order valence-corrected chi connectivity index (χ4v) is 3.64. The number of rotatable bonds is 6. The number of amides is 1. The zero-order valence-corrected chi connectivity index (χ0v) is 15.3. The van der Waals surface area contributed by atoms with Crippen LogP contribution in [0.4, 0.5) is 10.1 Å². The van der Waals surface area contributed by atoms with E-state index in [0.29, 0.717) is 5.02 Å². The summed E-state index contributed by atoms with van der Waals surface area (Å²) in [5, 5.41) is 3.28. The van der Waals surface area contributed by atoms with Crippen molar-refractivity contribution < 1.29 is 17.6 Å². The predicted molar refractivity (Wildman–Crippen MR) is 96.5 cm³/mol. The summed E-state index contributed by atoms with van der Waals surface area (Å²) in [5.41, 5.74) is 1.05. The van der Waals surface area contributed by atoms with Gasteiger partial charge in [0.05, 0.1) is 11.9 Å². The van der Waals surface area contributed by atoms with E-state index in [0.717, 1.165) is 28.3 Å². The summed E-state index contributed by atoms with van der Waals surface area (Å²) in [7, 11) is -3.73. The molecule has 0 fully saturated rings. The van der Waals surface area contributed by atoms with Gasteiger partial charge in [-0.1, -0.05) is 23.7 Å². The Bertz CT molecular complexity index is 839. The molecular weight excluding hydrogens is 367 g/mol. The minimum atomic E-state index is -3.73. The van der Waals surface area contributed by atoms with Crippen LogP contribution in [0, 0.1) is 5.82 Å². The molecule has 1 N–H and O–H groups in total. The molecule has 2 aromatic rings. The van der Waals surface area contributed by atoms with E-state index in [1.807, 2.05) is 0 Å². The molecular formula is C17H18ClFN2O3S. The Morgan fingerprint density at radius 2 is 1.72 bits per heavy atom.